The summed E-state index contributed by atoms with van der Waals surface area (Å²) < 4.78 is 0. The normalized spacial score (nSPS) is 11.7. The molecule has 1 heterocycles. The average Bonchev–Trinajstić information content (AvgIpc) is 2.64. The van der Waals surface area contributed by atoms with Crippen LogP contribution < -0.4 is 16.0 Å². The number of amides is 2. The van der Waals surface area contributed by atoms with E-state index < -0.39 is 0 Å². The Morgan fingerprint density at radius 3 is 2.48 bits per heavy atom. The number of likely N-dealkylation sites (N-methyl/N-ethyl adjacent to an activating group) is 1. The molecule has 0 aliphatic heterocycles. The summed E-state index contributed by atoms with van der Waals surface area (Å²) >= 11 is 0. The SMILES string of the molecule is CNC(=O)C(Nc1ccnc(C(=O)NCc2ccccc2)c1)C(C)C. The lowest BCUT2D eigenvalue weighted by atomic mass is 10.0. The minimum Gasteiger partial charge on any atom is -0.373 e. The van der Waals surface area contributed by atoms with Crippen molar-refractivity contribution in [2.75, 3.05) is 12.4 Å². The Balaban J connectivity index is 2.04. The van der Waals surface area contributed by atoms with Crippen molar-refractivity contribution in [3.05, 3.63) is 59.9 Å². The second-order valence-electron chi connectivity index (χ2n) is 6.08. The lowest BCUT2D eigenvalue weighted by Gasteiger charge is -2.22. The smallest absolute Gasteiger partial charge is 0.270 e. The first kappa shape index (κ1) is 18.4. The van der Waals surface area contributed by atoms with Crippen molar-refractivity contribution in [2.24, 2.45) is 5.92 Å². The summed E-state index contributed by atoms with van der Waals surface area (Å²) in [5, 5.41) is 8.66. The van der Waals surface area contributed by atoms with Crippen molar-refractivity contribution in [2.45, 2.75) is 26.4 Å². The van der Waals surface area contributed by atoms with Gasteiger partial charge in [-0.3, -0.25) is 14.6 Å². The molecule has 132 valence electrons. The number of rotatable bonds is 7. The molecule has 0 fully saturated rings. The molecule has 2 aromatic rings. The zero-order valence-corrected chi connectivity index (χ0v) is 14.7. The second kappa shape index (κ2) is 8.82. The van der Waals surface area contributed by atoms with Crippen LogP contribution in [-0.4, -0.2) is 29.9 Å². The van der Waals surface area contributed by atoms with Crippen LogP contribution in [-0.2, 0) is 11.3 Å². The standard InChI is InChI=1S/C19H24N4O2/c1-13(2)17(19(25)20-3)23-15-9-10-21-16(11-15)18(24)22-12-14-7-5-4-6-8-14/h4-11,13,17H,12H2,1-3H3,(H,20,25)(H,21,23)(H,22,24). The Hall–Kier alpha value is -2.89. The zero-order chi connectivity index (χ0) is 18.2. The molecule has 6 heteroatoms. The highest BCUT2D eigenvalue weighted by Crippen LogP contribution is 2.14. The van der Waals surface area contributed by atoms with E-state index in [1.807, 2.05) is 44.2 Å². The summed E-state index contributed by atoms with van der Waals surface area (Å²) in [6.07, 6.45) is 1.56. The van der Waals surface area contributed by atoms with E-state index in [1.54, 1.807) is 25.4 Å². The van der Waals surface area contributed by atoms with E-state index in [1.165, 1.54) is 0 Å². The van der Waals surface area contributed by atoms with Crippen LogP contribution in [0.1, 0.15) is 29.9 Å². The molecule has 0 aliphatic carbocycles. The van der Waals surface area contributed by atoms with E-state index >= 15 is 0 Å². The van der Waals surface area contributed by atoms with Crippen molar-refractivity contribution in [1.82, 2.24) is 15.6 Å². The molecule has 1 aromatic carbocycles. The molecule has 6 nitrogen and oxygen atoms in total. The van der Waals surface area contributed by atoms with Crippen LogP contribution in [0.3, 0.4) is 0 Å². The predicted molar refractivity (Wildman–Crippen MR) is 98.2 cm³/mol. The van der Waals surface area contributed by atoms with Crippen LogP contribution in [0.15, 0.2) is 48.7 Å². The van der Waals surface area contributed by atoms with Crippen LogP contribution in [0.25, 0.3) is 0 Å². The van der Waals surface area contributed by atoms with Crippen molar-refractivity contribution in [3.8, 4) is 0 Å². The molecule has 3 N–H and O–H groups in total. The first-order chi connectivity index (χ1) is 12.0. The largest absolute Gasteiger partial charge is 0.373 e. The van der Waals surface area contributed by atoms with Gasteiger partial charge in [0.25, 0.3) is 5.91 Å². The summed E-state index contributed by atoms with van der Waals surface area (Å²) in [7, 11) is 1.61. The Kier molecular flexibility index (Phi) is 6.51. The van der Waals surface area contributed by atoms with Crippen LogP contribution >= 0.6 is 0 Å². The number of hydrogen-bond donors (Lipinski definition) is 3. The highest BCUT2D eigenvalue weighted by Gasteiger charge is 2.21. The Labute approximate surface area is 148 Å². The van der Waals surface area contributed by atoms with Gasteiger partial charge < -0.3 is 16.0 Å². The van der Waals surface area contributed by atoms with E-state index in [2.05, 4.69) is 20.9 Å². The van der Waals surface area contributed by atoms with E-state index in [-0.39, 0.29) is 23.8 Å². The molecule has 1 unspecified atom stereocenters. The Bertz CT molecular complexity index is 716. The molecule has 0 bridgehead atoms. The number of benzene rings is 1. The quantitative estimate of drug-likeness (QED) is 0.721. The van der Waals surface area contributed by atoms with Gasteiger partial charge in [-0.25, -0.2) is 0 Å². The molecule has 0 saturated heterocycles. The maximum Gasteiger partial charge on any atom is 0.270 e. The average molecular weight is 340 g/mol. The third-order valence-corrected chi connectivity index (χ3v) is 3.81. The monoisotopic (exact) mass is 340 g/mol. The third-order valence-electron chi connectivity index (χ3n) is 3.81. The molecular formula is C19H24N4O2. The lowest BCUT2D eigenvalue weighted by Crippen LogP contribution is -2.41. The van der Waals surface area contributed by atoms with Crippen molar-refractivity contribution >= 4 is 17.5 Å². The number of carbonyl (C=O) groups excluding carboxylic acids is 2. The van der Waals surface area contributed by atoms with Gasteiger partial charge in [-0.15, -0.1) is 0 Å². The van der Waals surface area contributed by atoms with Gasteiger partial charge >= 0.3 is 0 Å². The molecule has 1 aromatic heterocycles. The molecule has 2 amide bonds. The number of anilines is 1. The first-order valence-electron chi connectivity index (χ1n) is 8.27. The Morgan fingerprint density at radius 2 is 1.84 bits per heavy atom. The summed E-state index contributed by atoms with van der Waals surface area (Å²) in [5.41, 5.74) is 2.01. The van der Waals surface area contributed by atoms with Crippen LogP contribution in [0.5, 0.6) is 0 Å². The van der Waals surface area contributed by atoms with Crippen LogP contribution in [0, 0.1) is 5.92 Å². The summed E-state index contributed by atoms with van der Waals surface area (Å²) in [5.74, 6) is -0.251. The van der Waals surface area contributed by atoms with Crippen molar-refractivity contribution < 1.29 is 9.59 Å². The minimum atomic E-state index is -0.382. The summed E-state index contributed by atoms with van der Waals surface area (Å²) in [6.45, 7) is 4.36. The zero-order valence-electron chi connectivity index (χ0n) is 14.7. The molecule has 2 rings (SSSR count). The topological polar surface area (TPSA) is 83.1 Å². The highest BCUT2D eigenvalue weighted by atomic mass is 16.2. The minimum absolute atomic E-state index is 0.0955. The lowest BCUT2D eigenvalue weighted by molar-refractivity contribution is -0.122. The van der Waals surface area contributed by atoms with E-state index in [4.69, 9.17) is 0 Å². The highest BCUT2D eigenvalue weighted by molar-refractivity contribution is 5.93. The maximum absolute atomic E-state index is 12.3. The number of pyridine rings is 1. The van der Waals surface area contributed by atoms with E-state index in [9.17, 15) is 9.59 Å². The number of carbonyl (C=O) groups is 2. The molecule has 1 atom stereocenters. The first-order valence-corrected chi connectivity index (χ1v) is 8.27. The third kappa shape index (κ3) is 5.31. The van der Waals surface area contributed by atoms with Crippen molar-refractivity contribution in [3.63, 3.8) is 0 Å². The molecule has 0 aliphatic rings. The van der Waals surface area contributed by atoms with Gasteiger partial charge in [0.2, 0.25) is 5.91 Å². The van der Waals surface area contributed by atoms with Gasteiger partial charge in [0.1, 0.15) is 11.7 Å². The summed E-state index contributed by atoms with van der Waals surface area (Å²) in [6, 6.07) is 12.7. The van der Waals surface area contributed by atoms with E-state index in [0.717, 1.165) is 5.56 Å². The van der Waals surface area contributed by atoms with Gasteiger partial charge in [0.05, 0.1) is 0 Å². The van der Waals surface area contributed by atoms with Gasteiger partial charge in [-0.1, -0.05) is 44.2 Å². The molecule has 0 radical (unpaired) electrons. The van der Waals surface area contributed by atoms with Gasteiger partial charge in [-0.2, -0.15) is 0 Å². The maximum atomic E-state index is 12.3. The van der Waals surface area contributed by atoms with Gasteiger partial charge in [-0.05, 0) is 23.6 Å². The van der Waals surface area contributed by atoms with Crippen LogP contribution in [0.2, 0.25) is 0 Å². The molecular weight excluding hydrogens is 316 g/mol. The predicted octanol–water partition coefficient (Wildman–Crippen LogP) is 2.19. The fourth-order valence-corrected chi connectivity index (χ4v) is 2.38. The number of nitrogens with zero attached hydrogens (tertiary/aromatic N) is 1. The Morgan fingerprint density at radius 1 is 1.12 bits per heavy atom. The van der Waals surface area contributed by atoms with Crippen LogP contribution in [0.4, 0.5) is 5.69 Å². The second-order valence-corrected chi connectivity index (χ2v) is 6.08. The fraction of sp³-hybridized carbons (Fsp3) is 0.316. The number of hydrogen-bond acceptors (Lipinski definition) is 4. The molecule has 25 heavy (non-hydrogen) atoms. The van der Waals surface area contributed by atoms with Crippen molar-refractivity contribution in [1.29, 1.82) is 0 Å². The fourth-order valence-electron chi connectivity index (χ4n) is 2.38. The molecule has 0 spiro atoms. The molecule has 0 saturated carbocycles. The van der Waals surface area contributed by atoms with E-state index in [0.29, 0.717) is 17.9 Å². The van der Waals surface area contributed by atoms with Gasteiger partial charge in [0.15, 0.2) is 0 Å². The van der Waals surface area contributed by atoms with Gasteiger partial charge in [0, 0.05) is 25.5 Å². The number of aromatic nitrogens is 1. The number of nitrogens with one attached hydrogen (secondary N) is 3. The summed E-state index contributed by atoms with van der Waals surface area (Å²) in [4.78, 5) is 28.4.